The topological polar surface area (TPSA) is 74.7 Å². The number of pyridine rings is 1. The fourth-order valence-electron chi connectivity index (χ4n) is 2.69. The Kier molecular flexibility index (Phi) is 5.28. The van der Waals surface area contributed by atoms with Crippen molar-refractivity contribution in [2.75, 3.05) is 23.3 Å². The molecular weight excluding hydrogens is 306 g/mol. The Morgan fingerprint density at radius 3 is 2.71 bits per heavy atom. The van der Waals surface area contributed by atoms with Crippen molar-refractivity contribution in [3.05, 3.63) is 54.2 Å². The van der Waals surface area contributed by atoms with Crippen molar-refractivity contribution in [3.8, 4) is 0 Å². The minimum Gasteiger partial charge on any atom is -0.444 e. The van der Waals surface area contributed by atoms with Crippen LogP contribution >= 0.6 is 0 Å². The van der Waals surface area contributed by atoms with Gasteiger partial charge < -0.3 is 14.7 Å². The van der Waals surface area contributed by atoms with Crippen LogP contribution in [0.25, 0.3) is 0 Å². The number of aliphatic hydroxyl groups excluding tert-OH is 1. The first-order valence-electron chi connectivity index (χ1n) is 8.08. The third-order valence-electron chi connectivity index (χ3n) is 4.00. The Morgan fingerprint density at radius 2 is 1.96 bits per heavy atom. The quantitative estimate of drug-likeness (QED) is 0.903. The Balaban J connectivity index is 1.61. The molecule has 1 aromatic heterocycles. The number of hydrogen-bond donors (Lipinski definition) is 2. The highest BCUT2D eigenvalue weighted by atomic mass is 16.5. The van der Waals surface area contributed by atoms with E-state index in [4.69, 9.17) is 4.74 Å². The van der Waals surface area contributed by atoms with Gasteiger partial charge >= 0.3 is 6.09 Å². The van der Waals surface area contributed by atoms with Gasteiger partial charge in [0.25, 0.3) is 0 Å². The number of anilines is 2. The van der Waals surface area contributed by atoms with Crippen LogP contribution in [0.4, 0.5) is 16.3 Å². The maximum atomic E-state index is 12.1. The van der Waals surface area contributed by atoms with Gasteiger partial charge in [0.15, 0.2) is 5.82 Å². The fourth-order valence-corrected chi connectivity index (χ4v) is 2.69. The van der Waals surface area contributed by atoms with Crippen LogP contribution < -0.4 is 10.2 Å². The number of piperidine rings is 1. The van der Waals surface area contributed by atoms with E-state index in [0.29, 0.717) is 37.4 Å². The first-order valence-corrected chi connectivity index (χ1v) is 8.08. The van der Waals surface area contributed by atoms with Gasteiger partial charge in [-0.1, -0.05) is 30.3 Å². The Morgan fingerprint density at radius 1 is 1.21 bits per heavy atom. The summed E-state index contributed by atoms with van der Waals surface area (Å²) in [6.07, 6.45) is 2.34. The molecule has 126 valence electrons. The van der Waals surface area contributed by atoms with Crippen LogP contribution in [-0.4, -0.2) is 35.4 Å². The van der Waals surface area contributed by atoms with Gasteiger partial charge in [-0.15, -0.1) is 0 Å². The van der Waals surface area contributed by atoms with E-state index in [1.807, 2.05) is 30.3 Å². The molecule has 1 saturated heterocycles. The summed E-state index contributed by atoms with van der Waals surface area (Å²) in [5.74, 6) is 0.709. The average Bonchev–Trinajstić information content (AvgIpc) is 2.62. The van der Waals surface area contributed by atoms with Gasteiger partial charge in [-0.2, -0.15) is 0 Å². The molecule has 2 aromatic rings. The summed E-state index contributed by atoms with van der Waals surface area (Å²) in [4.78, 5) is 18.5. The lowest BCUT2D eigenvalue weighted by Gasteiger charge is -2.31. The number of hydrogen-bond acceptors (Lipinski definition) is 5. The summed E-state index contributed by atoms with van der Waals surface area (Å²) in [5.41, 5.74) is 1.55. The number of rotatable bonds is 4. The molecule has 1 aliphatic rings. The smallest absolute Gasteiger partial charge is 0.412 e. The summed E-state index contributed by atoms with van der Waals surface area (Å²) in [6.45, 7) is 1.65. The molecule has 0 spiro atoms. The van der Waals surface area contributed by atoms with Crippen molar-refractivity contribution in [1.29, 1.82) is 0 Å². The Labute approximate surface area is 141 Å². The molecule has 2 N–H and O–H groups in total. The van der Waals surface area contributed by atoms with Gasteiger partial charge in [0, 0.05) is 19.3 Å². The number of carbonyl (C=O) groups is 1. The molecule has 6 nitrogen and oxygen atoms in total. The molecule has 1 aliphatic heterocycles. The van der Waals surface area contributed by atoms with E-state index in [9.17, 15) is 9.90 Å². The second-order valence-electron chi connectivity index (χ2n) is 5.78. The third-order valence-corrected chi connectivity index (χ3v) is 4.00. The van der Waals surface area contributed by atoms with E-state index >= 15 is 0 Å². The van der Waals surface area contributed by atoms with Gasteiger partial charge in [0.2, 0.25) is 0 Å². The first kappa shape index (κ1) is 16.3. The largest absolute Gasteiger partial charge is 0.444 e. The number of benzene rings is 1. The predicted molar refractivity (Wildman–Crippen MR) is 91.9 cm³/mol. The maximum Gasteiger partial charge on any atom is 0.412 e. The standard InChI is InChI=1S/C18H21N3O3/c22-15-8-11-21(12-9-15)17-16(7-4-10-19-17)20-18(23)24-13-14-5-2-1-3-6-14/h1-7,10,15,22H,8-9,11-13H2,(H,20,23). The number of nitrogens with zero attached hydrogens (tertiary/aromatic N) is 2. The third kappa shape index (κ3) is 4.23. The lowest BCUT2D eigenvalue weighted by molar-refractivity contribution is 0.145. The molecule has 3 rings (SSSR count). The highest BCUT2D eigenvalue weighted by molar-refractivity contribution is 5.88. The monoisotopic (exact) mass is 327 g/mol. The van der Waals surface area contributed by atoms with Crippen LogP contribution in [0.15, 0.2) is 48.7 Å². The van der Waals surface area contributed by atoms with Gasteiger partial charge in [-0.25, -0.2) is 9.78 Å². The van der Waals surface area contributed by atoms with Crippen LogP contribution in [0, 0.1) is 0 Å². The van der Waals surface area contributed by atoms with Gasteiger partial charge in [-0.3, -0.25) is 5.32 Å². The number of aliphatic hydroxyl groups is 1. The molecule has 0 saturated carbocycles. The van der Waals surface area contributed by atoms with Crippen LogP contribution in [0.1, 0.15) is 18.4 Å². The molecule has 0 aliphatic carbocycles. The first-order chi connectivity index (χ1) is 11.7. The minimum atomic E-state index is -0.509. The molecule has 0 radical (unpaired) electrons. The summed E-state index contributed by atoms with van der Waals surface area (Å²) < 4.78 is 5.26. The van der Waals surface area contributed by atoms with Gasteiger partial charge in [0.05, 0.1) is 11.8 Å². The zero-order valence-electron chi connectivity index (χ0n) is 13.4. The number of amides is 1. The molecule has 1 fully saturated rings. The van der Waals surface area contributed by atoms with Gasteiger partial charge in [0.1, 0.15) is 6.61 Å². The van der Waals surface area contributed by atoms with Gasteiger partial charge in [-0.05, 0) is 30.5 Å². The number of nitrogens with one attached hydrogen (secondary N) is 1. The van der Waals surface area contributed by atoms with Crippen molar-refractivity contribution in [2.45, 2.75) is 25.6 Å². The molecule has 0 unspecified atom stereocenters. The normalized spacial score (nSPS) is 15.1. The Bertz CT molecular complexity index is 670. The van der Waals surface area contributed by atoms with E-state index in [1.54, 1.807) is 18.3 Å². The molecule has 2 heterocycles. The van der Waals surface area contributed by atoms with Crippen LogP contribution in [0.2, 0.25) is 0 Å². The highest BCUT2D eigenvalue weighted by Crippen LogP contribution is 2.26. The zero-order chi connectivity index (χ0) is 16.8. The molecular formula is C18H21N3O3. The maximum absolute atomic E-state index is 12.1. The lowest BCUT2D eigenvalue weighted by Crippen LogP contribution is -2.36. The number of carbonyl (C=O) groups excluding carboxylic acids is 1. The van der Waals surface area contributed by atoms with Crippen molar-refractivity contribution < 1.29 is 14.6 Å². The average molecular weight is 327 g/mol. The Hall–Kier alpha value is -2.60. The van der Waals surface area contributed by atoms with E-state index in [2.05, 4.69) is 15.2 Å². The van der Waals surface area contributed by atoms with E-state index in [-0.39, 0.29) is 12.7 Å². The van der Waals surface area contributed by atoms with Crippen molar-refractivity contribution >= 4 is 17.6 Å². The number of ether oxygens (including phenoxy) is 1. The molecule has 6 heteroatoms. The molecule has 0 bridgehead atoms. The number of aromatic nitrogens is 1. The van der Waals surface area contributed by atoms with E-state index in [0.717, 1.165) is 5.56 Å². The zero-order valence-corrected chi connectivity index (χ0v) is 13.4. The SMILES string of the molecule is O=C(Nc1cccnc1N1CCC(O)CC1)OCc1ccccc1. The van der Waals surface area contributed by atoms with Crippen LogP contribution in [0.5, 0.6) is 0 Å². The predicted octanol–water partition coefficient (Wildman–Crippen LogP) is 2.79. The van der Waals surface area contributed by atoms with Crippen molar-refractivity contribution in [2.24, 2.45) is 0 Å². The molecule has 1 aromatic carbocycles. The van der Waals surface area contributed by atoms with E-state index < -0.39 is 6.09 Å². The second-order valence-corrected chi connectivity index (χ2v) is 5.78. The second kappa shape index (κ2) is 7.79. The summed E-state index contributed by atoms with van der Waals surface area (Å²) in [7, 11) is 0. The summed E-state index contributed by atoms with van der Waals surface area (Å²) in [5, 5.41) is 12.4. The van der Waals surface area contributed by atoms with E-state index in [1.165, 1.54) is 0 Å². The minimum absolute atomic E-state index is 0.220. The summed E-state index contributed by atoms with van der Waals surface area (Å²) >= 11 is 0. The fraction of sp³-hybridized carbons (Fsp3) is 0.333. The highest BCUT2D eigenvalue weighted by Gasteiger charge is 2.21. The van der Waals surface area contributed by atoms with Crippen LogP contribution in [-0.2, 0) is 11.3 Å². The van der Waals surface area contributed by atoms with Crippen molar-refractivity contribution in [1.82, 2.24) is 4.98 Å². The summed E-state index contributed by atoms with van der Waals surface area (Å²) in [6, 6.07) is 13.1. The molecule has 24 heavy (non-hydrogen) atoms. The lowest BCUT2D eigenvalue weighted by atomic mass is 10.1. The molecule has 0 atom stereocenters. The molecule has 1 amide bonds. The van der Waals surface area contributed by atoms with Crippen LogP contribution in [0.3, 0.4) is 0 Å². The van der Waals surface area contributed by atoms with Crippen molar-refractivity contribution in [3.63, 3.8) is 0 Å².